The summed E-state index contributed by atoms with van der Waals surface area (Å²) in [4.78, 5) is 11.3. The van der Waals surface area contributed by atoms with Crippen LogP contribution in [0.2, 0.25) is 0 Å². The van der Waals surface area contributed by atoms with E-state index in [9.17, 15) is 4.79 Å². The number of carbonyl (C=O) groups is 1. The first-order valence-corrected chi connectivity index (χ1v) is 5.89. The molecule has 0 saturated heterocycles. The van der Waals surface area contributed by atoms with Crippen molar-refractivity contribution >= 4 is 6.09 Å². The molecule has 0 aliphatic heterocycles. The van der Waals surface area contributed by atoms with Crippen molar-refractivity contribution in [1.82, 2.24) is 25.6 Å². The van der Waals surface area contributed by atoms with E-state index >= 15 is 0 Å². The maximum absolute atomic E-state index is 11.3. The molecular formula is C11H21N5O2. The second-order valence-corrected chi connectivity index (χ2v) is 4.95. The van der Waals surface area contributed by atoms with E-state index in [1.165, 1.54) is 0 Å². The first-order chi connectivity index (χ1) is 8.38. The van der Waals surface area contributed by atoms with Crippen molar-refractivity contribution in [3.8, 4) is 0 Å². The van der Waals surface area contributed by atoms with E-state index in [1.54, 1.807) is 10.9 Å². The molecule has 7 nitrogen and oxygen atoms in total. The molecule has 0 radical (unpaired) electrons. The average molecular weight is 255 g/mol. The molecule has 7 heteroatoms. The average Bonchev–Trinajstić information content (AvgIpc) is 2.61. The van der Waals surface area contributed by atoms with E-state index in [0.29, 0.717) is 19.6 Å². The predicted octanol–water partition coefficient (Wildman–Crippen LogP) is 0.429. The van der Waals surface area contributed by atoms with Gasteiger partial charge >= 0.3 is 6.09 Å². The largest absolute Gasteiger partial charge is 0.444 e. The number of ether oxygens (including phenoxy) is 1. The van der Waals surface area contributed by atoms with Gasteiger partial charge in [0, 0.05) is 26.7 Å². The molecule has 0 saturated carbocycles. The van der Waals surface area contributed by atoms with Crippen LogP contribution >= 0.6 is 0 Å². The number of carbonyl (C=O) groups excluding carboxylic acids is 1. The number of rotatable bonds is 5. The molecule has 1 heterocycles. The van der Waals surface area contributed by atoms with Crippen LogP contribution in [0.3, 0.4) is 0 Å². The predicted molar refractivity (Wildman–Crippen MR) is 66.9 cm³/mol. The molecule has 0 atom stereocenters. The Labute approximate surface area is 107 Å². The summed E-state index contributed by atoms with van der Waals surface area (Å²) in [7, 11) is 1.84. The molecule has 0 aromatic carbocycles. The van der Waals surface area contributed by atoms with Gasteiger partial charge in [-0.1, -0.05) is 5.21 Å². The number of nitrogens with zero attached hydrogens (tertiary/aromatic N) is 3. The zero-order chi connectivity index (χ0) is 13.6. The van der Waals surface area contributed by atoms with Crippen molar-refractivity contribution in [2.45, 2.75) is 32.9 Å². The van der Waals surface area contributed by atoms with Gasteiger partial charge in [-0.25, -0.2) is 4.79 Å². The first-order valence-electron chi connectivity index (χ1n) is 5.89. The number of alkyl carbamates (subject to hydrolysis) is 1. The van der Waals surface area contributed by atoms with Crippen LogP contribution in [-0.4, -0.2) is 39.8 Å². The van der Waals surface area contributed by atoms with Crippen LogP contribution in [0, 0.1) is 0 Å². The summed E-state index contributed by atoms with van der Waals surface area (Å²) >= 11 is 0. The van der Waals surface area contributed by atoms with E-state index in [2.05, 4.69) is 20.9 Å². The van der Waals surface area contributed by atoms with Gasteiger partial charge in [-0.3, -0.25) is 4.68 Å². The lowest BCUT2D eigenvalue weighted by Crippen LogP contribution is -2.36. The fourth-order valence-electron chi connectivity index (χ4n) is 1.25. The van der Waals surface area contributed by atoms with Crippen molar-refractivity contribution in [2.75, 3.05) is 13.1 Å². The number of amides is 1. The highest BCUT2D eigenvalue weighted by atomic mass is 16.6. The molecule has 0 unspecified atom stereocenters. The first kappa shape index (κ1) is 14.4. The summed E-state index contributed by atoms with van der Waals surface area (Å²) in [5, 5.41) is 13.4. The third-order valence-corrected chi connectivity index (χ3v) is 2.08. The van der Waals surface area contributed by atoms with Gasteiger partial charge in [0.1, 0.15) is 5.60 Å². The second kappa shape index (κ2) is 6.34. The Morgan fingerprint density at radius 1 is 1.44 bits per heavy atom. The standard InChI is InChI=1S/C11H21N5O2/c1-11(2,3)18-10(17)13-6-5-12-7-9-8-14-15-16(9)4/h8,12H,5-7H2,1-4H3,(H,13,17). The van der Waals surface area contributed by atoms with Crippen LogP contribution in [0.25, 0.3) is 0 Å². The molecular weight excluding hydrogens is 234 g/mol. The van der Waals surface area contributed by atoms with E-state index in [0.717, 1.165) is 5.69 Å². The Morgan fingerprint density at radius 2 is 2.17 bits per heavy atom. The van der Waals surface area contributed by atoms with Gasteiger partial charge in [0.2, 0.25) is 0 Å². The highest BCUT2D eigenvalue weighted by molar-refractivity contribution is 5.67. The van der Waals surface area contributed by atoms with Gasteiger partial charge in [0.25, 0.3) is 0 Å². The Bertz CT molecular complexity index is 383. The molecule has 1 amide bonds. The summed E-state index contributed by atoms with van der Waals surface area (Å²) in [6.45, 7) is 7.34. The lowest BCUT2D eigenvalue weighted by atomic mass is 10.2. The van der Waals surface area contributed by atoms with Crippen molar-refractivity contribution in [3.05, 3.63) is 11.9 Å². The maximum Gasteiger partial charge on any atom is 0.407 e. The molecule has 1 aromatic heterocycles. The number of nitrogens with one attached hydrogen (secondary N) is 2. The van der Waals surface area contributed by atoms with Crippen molar-refractivity contribution in [2.24, 2.45) is 7.05 Å². The number of aromatic nitrogens is 3. The quantitative estimate of drug-likeness (QED) is 0.746. The van der Waals surface area contributed by atoms with Gasteiger partial charge in [-0.05, 0) is 20.8 Å². The lowest BCUT2D eigenvalue weighted by molar-refractivity contribution is 0.0528. The molecule has 2 N–H and O–H groups in total. The minimum absolute atomic E-state index is 0.397. The molecule has 1 rings (SSSR count). The van der Waals surface area contributed by atoms with Crippen LogP contribution in [0.1, 0.15) is 26.5 Å². The second-order valence-electron chi connectivity index (χ2n) is 4.95. The topological polar surface area (TPSA) is 81.1 Å². The van der Waals surface area contributed by atoms with Gasteiger partial charge < -0.3 is 15.4 Å². The van der Waals surface area contributed by atoms with Gasteiger partial charge in [-0.2, -0.15) is 0 Å². The highest BCUT2D eigenvalue weighted by Crippen LogP contribution is 2.05. The summed E-state index contributed by atoms with van der Waals surface area (Å²) in [5.41, 5.74) is 0.532. The Morgan fingerprint density at radius 3 is 2.72 bits per heavy atom. The number of aryl methyl sites for hydroxylation is 1. The number of hydrogen-bond acceptors (Lipinski definition) is 5. The fraction of sp³-hybridized carbons (Fsp3) is 0.727. The van der Waals surface area contributed by atoms with E-state index in [-0.39, 0.29) is 0 Å². The molecule has 0 fully saturated rings. The Kier molecular flexibility index (Phi) is 5.08. The van der Waals surface area contributed by atoms with E-state index < -0.39 is 11.7 Å². The zero-order valence-corrected chi connectivity index (χ0v) is 11.4. The Balaban J connectivity index is 2.09. The fourth-order valence-corrected chi connectivity index (χ4v) is 1.25. The van der Waals surface area contributed by atoms with Gasteiger partial charge in [0.05, 0.1) is 11.9 Å². The smallest absolute Gasteiger partial charge is 0.407 e. The van der Waals surface area contributed by atoms with Crippen LogP contribution in [-0.2, 0) is 18.3 Å². The molecule has 18 heavy (non-hydrogen) atoms. The molecule has 0 bridgehead atoms. The minimum Gasteiger partial charge on any atom is -0.444 e. The molecule has 1 aromatic rings. The normalized spacial score (nSPS) is 11.3. The van der Waals surface area contributed by atoms with Crippen molar-refractivity contribution in [1.29, 1.82) is 0 Å². The Hall–Kier alpha value is -1.63. The summed E-state index contributed by atoms with van der Waals surface area (Å²) in [6.07, 6.45) is 1.31. The third-order valence-electron chi connectivity index (χ3n) is 2.08. The molecule has 102 valence electrons. The van der Waals surface area contributed by atoms with Crippen LogP contribution in [0.5, 0.6) is 0 Å². The monoisotopic (exact) mass is 255 g/mol. The summed E-state index contributed by atoms with van der Waals surface area (Å²) < 4.78 is 6.81. The van der Waals surface area contributed by atoms with Gasteiger partial charge in [-0.15, -0.1) is 5.10 Å². The van der Waals surface area contributed by atoms with Crippen LogP contribution < -0.4 is 10.6 Å². The highest BCUT2D eigenvalue weighted by Gasteiger charge is 2.15. The molecule has 0 spiro atoms. The molecule has 0 aliphatic carbocycles. The number of hydrogen-bond donors (Lipinski definition) is 2. The van der Waals surface area contributed by atoms with Crippen molar-refractivity contribution < 1.29 is 9.53 Å². The minimum atomic E-state index is -0.460. The van der Waals surface area contributed by atoms with Crippen molar-refractivity contribution in [3.63, 3.8) is 0 Å². The van der Waals surface area contributed by atoms with Crippen LogP contribution in [0.4, 0.5) is 4.79 Å². The van der Waals surface area contributed by atoms with Crippen LogP contribution in [0.15, 0.2) is 6.20 Å². The molecule has 0 aliphatic rings. The van der Waals surface area contributed by atoms with E-state index in [4.69, 9.17) is 4.74 Å². The summed E-state index contributed by atoms with van der Waals surface area (Å²) in [6, 6.07) is 0. The third kappa shape index (κ3) is 5.62. The van der Waals surface area contributed by atoms with Gasteiger partial charge in [0.15, 0.2) is 0 Å². The maximum atomic E-state index is 11.3. The van der Waals surface area contributed by atoms with E-state index in [1.807, 2.05) is 27.8 Å². The zero-order valence-electron chi connectivity index (χ0n) is 11.4. The lowest BCUT2D eigenvalue weighted by Gasteiger charge is -2.19. The SMILES string of the molecule is Cn1nncc1CNCCNC(=O)OC(C)(C)C. The summed E-state index contributed by atoms with van der Waals surface area (Å²) in [5.74, 6) is 0.